The van der Waals surface area contributed by atoms with Crippen molar-refractivity contribution in [3.8, 4) is 0 Å². The molecule has 1 aliphatic heterocycles. The number of ether oxygens (including phenoxy) is 1. The van der Waals surface area contributed by atoms with Crippen LogP contribution in [0.5, 0.6) is 0 Å². The summed E-state index contributed by atoms with van der Waals surface area (Å²) in [5.74, 6) is 0. The Kier molecular flexibility index (Phi) is 5.17. The van der Waals surface area contributed by atoms with E-state index in [1.165, 1.54) is 36.9 Å². The molecule has 0 amide bonds. The standard InChI is InChI=1S/C15H24N2O/c1-18-12-14-7-3-2-6-13(14)11-17-9-5-4-8-15(17)10-16/h2-3,6-7,15H,4-5,8-12,16H2,1H3. The minimum Gasteiger partial charge on any atom is -0.380 e. The van der Waals surface area contributed by atoms with Gasteiger partial charge in [-0.15, -0.1) is 0 Å². The number of hydrogen-bond acceptors (Lipinski definition) is 3. The van der Waals surface area contributed by atoms with Gasteiger partial charge in [0.2, 0.25) is 0 Å². The first-order valence-electron chi connectivity index (χ1n) is 6.85. The summed E-state index contributed by atoms with van der Waals surface area (Å²) in [6.07, 6.45) is 3.85. The van der Waals surface area contributed by atoms with Gasteiger partial charge in [-0.25, -0.2) is 0 Å². The van der Waals surface area contributed by atoms with Gasteiger partial charge in [0.25, 0.3) is 0 Å². The Labute approximate surface area is 110 Å². The summed E-state index contributed by atoms with van der Waals surface area (Å²) in [4.78, 5) is 2.53. The molecule has 2 N–H and O–H groups in total. The van der Waals surface area contributed by atoms with Crippen LogP contribution in [-0.4, -0.2) is 31.1 Å². The third kappa shape index (κ3) is 3.31. The fourth-order valence-corrected chi connectivity index (χ4v) is 2.76. The van der Waals surface area contributed by atoms with Crippen LogP contribution in [0.1, 0.15) is 30.4 Å². The van der Waals surface area contributed by atoms with Crippen molar-refractivity contribution < 1.29 is 4.74 Å². The molecule has 0 saturated carbocycles. The number of rotatable bonds is 5. The molecule has 1 aromatic rings. The molecule has 0 aromatic heterocycles. The number of methoxy groups -OCH3 is 1. The van der Waals surface area contributed by atoms with Crippen LogP contribution in [0.4, 0.5) is 0 Å². The summed E-state index contributed by atoms with van der Waals surface area (Å²) in [6, 6.07) is 9.09. The molecule has 1 unspecified atom stereocenters. The van der Waals surface area contributed by atoms with Crippen molar-refractivity contribution in [2.45, 2.75) is 38.5 Å². The van der Waals surface area contributed by atoms with E-state index in [1.54, 1.807) is 7.11 Å². The van der Waals surface area contributed by atoms with Gasteiger partial charge in [0.05, 0.1) is 6.61 Å². The highest BCUT2D eigenvalue weighted by atomic mass is 16.5. The lowest BCUT2D eigenvalue weighted by Gasteiger charge is -2.35. The monoisotopic (exact) mass is 248 g/mol. The molecule has 1 saturated heterocycles. The first-order chi connectivity index (χ1) is 8.85. The number of likely N-dealkylation sites (tertiary alicyclic amines) is 1. The van der Waals surface area contributed by atoms with Crippen LogP contribution in [0.2, 0.25) is 0 Å². The minimum absolute atomic E-state index is 0.550. The van der Waals surface area contributed by atoms with E-state index in [0.717, 1.165) is 13.1 Å². The van der Waals surface area contributed by atoms with Gasteiger partial charge >= 0.3 is 0 Å². The van der Waals surface area contributed by atoms with Gasteiger partial charge in [-0.3, -0.25) is 4.90 Å². The summed E-state index contributed by atoms with van der Waals surface area (Å²) < 4.78 is 5.27. The second kappa shape index (κ2) is 6.88. The van der Waals surface area contributed by atoms with Crippen molar-refractivity contribution in [1.29, 1.82) is 0 Å². The molecule has 0 bridgehead atoms. The largest absolute Gasteiger partial charge is 0.380 e. The van der Waals surface area contributed by atoms with Gasteiger partial charge < -0.3 is 10.5 Å². The molecule has 0 radical (unpaired) electrons. The van der Waals surface area contributed by atoms with E-state index in [-0.39, 0.29) is 0 Å². The number of nitrogens with zero attached hydrogens (tertiary/aromatic N) is 1. The zero-order chi connectivity index (χ0) is 12.8. The van der Waals surface area contributed by atoms with E-state index >= 15 is 0 Å². The highest BCUT2D eigenvalue weighted by Gasteiger charge is 2.21. The van der Waals surface area contributed by atoms with E-state index in [2.05, 4.69) is 29.2 Å². The number of nitrogens with two attached hydrogens (primary N) is 1. The molecular weight excluding hydrogens is 224 g/mol. The molecule has 0 aliphatic carbocycles. The molecule has 18 heavy (non-hydrogen) atoms. The van der Waals surface area contributed by atoms with Gasteiger partial charge in [-0.2, -0.15) is 0 Å². The van der Waals surface area contributed by atoms with Gasteiger partial charge in [-0.1, -0.05) is 30.7 Å². The number of piperidine rings is 1. The van der Waals surface area contributed by atoms with Crippen LogP contribution in [0.15, 0.2) is 24.3 Å². The van der Waals surface area contributed by atoms with E-state index in [1.807, 2.05) is 0 Å². The molecule has 3 nitrogen and oxygen atoms in total. The van der Waals surface area contributed by atoms with Crippen molar-refractivity contribution in [1.82, 2.24) is 4.90 Å². The summed E-state index contributed by atoms with van der Waals surface area (Å²) in [7, 11) is 1.75. The molecule has 1 aromatic carbocycles. The quantitative estimate of drug-likeness (QED) is 0.867. The molecule has 1 fully saturated rings. The van der Waals surface area contributed by atoms with E-state index in [0.29, 0.717) is 12.6 Å². The molecular formula is C15H24N2O. The normalized spacial score (nSPS) is 21.1. The number of hydrogen-bond donors (Lipinski definition) is 1. The zero-order valence-corrected chi connectivity index (χ0v) is 11.3. The average molecular weight is 248 g/mol. The summed E-state index contributed by atoms with van der Waals surface area (Å²) >= 11 is 0. The van der Waals surface area contributed by atoms with Crippen LogP contribution >= 0.6 is 0 Å². The Hall–Kier alpha value is -0.900. The maximum absolute atomic E-state index is 5.88. The van der Waals surface area contributed by atoms with Crippen molar-refractivity contribution >= 4 is 0 Å². The fourth-order valence-electron chi connectivity index (χ4n) is 2.76. The molecule has 1 heterocycles. The Morgan fingerprint density at radius 2 is 2.06 bits per heavy atom. The van der Waals surface area contributed by atoms with Crippen molar-refractivity contribution in [3.63, 3.8) is 0 Å². The van der Waals surface area contributed by atoms with Gasteiger partial charge in [0.1, 0.15) is 0 Å². The maximum atomic E-state index is 5.88. The van der Waals surface area contributed by atoms with Crippen LogP contribution in [0.25, 0.3) is 0 Å². The first kappa shape index (κ1) is 13.5. The van der Waals surface area contributed by atoms with Crippen molar-refractivity contribution in [2.75, 3.05) is 20.2 Å². The summed E-state index contributed by atoms with van der Waals surface area (Å²) in [5.41, 5.74) is 8.55. The zero-order valence-electron chi connectivity index (χ0n) is 11.3. The van der Waals surface area contributed by atoms with Crippen LogP contribution in [0, 0.1) is 0 Å². The Balaban J connectivity index is 2.07. The molecule has 1 aliphatic rings. The smallest absolute Gasteiger partial charge is 0.0716 e. The SMILES string of the molecule is COCc1ccccc1CN1CCCCC1CN. The summed E-state index contributed by atoms with van der Waals surface area (Å²) in [5, 5.41) is 0. The minimum atomic E-state index is 0.550. The molecule has 0 spiro atoms. The lowest BCUT2D eigenvalue weighted by Crippen LogP contribution is -2.43. The topological polar surface area (TPSA) is 38.5 Å². The molecule has 1 atom stereocenters. The lowest BCUT2D eigenvalue weighted by molar-refractivity contribution is 0.141. The summed E-state index contributed by atoms with van der Waals surface area (Å²) in [6.45, 7) is 3.63. The fraction of sp³-hybridized carbons (Fsp3) is 0.600. The van der Waals surface area contributed by atoms with Gasteiger partial charge in [0, 0.05) is 26.2 Å². The molecule has 100 valence electrons. The number of benzene rings is 1. The third-order valence-electron chi connectivity index (χ3n) is 3.81. The average Bonchev–Trinajstić information content (AvgIpc) is 2.42. The van der Waals surface area contributed by atoms with Crippen LogP contribution in [0.3, 0.4) is 0 Å². The highest BCUT2D eigenvalue weighted by Crippen LogP contribution is 2.20. The van der Waals surface area contributed by atoms with E-state index < -0.39 is 0 Å². The van der Waals surface area contributed by atoms with Gasteiger partial charge in [-0.05, 0) is 30.5 Å². The van der Waals surface area contributed by atoms with E-state index in [9.17, 15) is 0 Å². The Morgan fingerprint density at radius 1 is 1.28 bits per heavy atom. The Bertz CT molecular complexity index is 367. The highest BCUT2D eigenvalue weighted by molar-refractivity contribution is 5.26. The predicted octanol–water partition coefficient (Wildman–Crippen LogP) is 2.15. The molecule has 3 heteroatoms. The predicted molar refractivity (Wildman–Crippen MR) is 74.3 cm³/mol. The first-order valence-corrected chi connectivity index (χ1v) is 6.85. The van der Waals surface area contributed by atoms with Crippen molar-refractivity contribution in [3.05, 3.63) is 35.4 Å². The van der Waals surface area contributed by atoms with Crippen molar-refractivity contribution in [2.24, 2.45) is 5.73 Å². The van der Waals surface area contributed by atoms with E-state index in [4.69, 9.17) is 10.5 Å². The van der Waals surface area contributed by atoms with Gasteiger partial charge in [0.15, 0.2) is 0 Å². The third-order valence-corrected chi connectivity index (χ3v) is 3.81. The molecule has 2 rings (SSSR count). The maximum Gasteiger partial charge on any atom is 0.0716 e. The lowest BCUT2D eigenvalue weighted by atomic mass is 10.00. The van der Waals surface area contributed by atoms with Crippen LogP contribution < -0.4 is 5.73 Å². The van der Waals surface area contributed by atoms with Crippen LogP contribution in [-0.2, 0) is 17.9 Å². The Morgan fingerprint density at radius 3 is 2.78 bits per heavy atom. The second-order valence-corrected chi connectivity index (χ2v) is 5.06. The second-order valence-electron chi connectivity index (χ2n) is 5.06.